The Morgan fingerprint density at radius 2 is 2.00 bits per heavy atom. The van der Waals surface area contributed by atoms with E-state index in [0.29, 0.717) is 11.9 Å². The molecule has 0 atom stereocenters. The fraction of sp³-hybridized carbons (Fsp3) is 0.353. The van der Waals surface area contributed by atoms with Crippen LogP contribution in [0.1, 0.15) is 30.5 Å². The Balaban J connectivity index is 2.09. The van der Waals surface area contributed by atoms with Gasteiger partial charge in [-0.2, -0.15) is 0 Å². The molecule has 1 aromatic heterocycles. The molecule has 0 saturated carbocycles. The van der Waals surface area contributed by atoms with Crippen molar-refractivity contribution in [2.24, 2.45) is 0 Å². The molecule has 1 aromatic carbocycles. The number of nitrogens with zero attached hydrogens (tertiary/aromatic N) is 1. The van der Waals surface area contributed by atoms with Gasteiger partial charge in [-0.1, -0.05) is 26.0 Å². The Bertz CT molecular complexity index is 579. The van der Waals surface area contributed by atoms with Gasteiger partial charge in [0.2, 0.25) is 5.88 Å². The lowest BCUT2D eigenvalue weighted by molar-refractivity contribution is 0.457. The van der Waals surface area contributed by atoms with E-state index in [-0.39, 0.29) is 0 Å². The highest BCUT2D eigenvalue weighted by molar-refractivity contribution is 5.35. The molecule has 3 nitrogen and oxygen atoms in total. The second kappa shape index (κ2) is 6.53. The lowest BCUT2D eigenvalue weighted by Crippen LogP contribution is -2.21. The summed E-state index contributed by atoms with van der Waals surface area (Å²) in [7, 11) is 0. The van der Waals surface area contributed by atoms with Crippen LogP contribution >= 0.6 is 0 Å². The topological polar surface area (TPSA) is 34.1 Å². The normalized spacial score (nSPS) is 10.8. The van der Waals surface area contributed by atoms with E-state index in [2.05, 4.69) is 30.2 Å². The average Bonchev–Trinajstić information content (AvgIpc) is 2.39. The van der Waals surface area contributed by atoms with E-state index in [1.165, 1.54) is 11.1 Å². The molecular formula is C17H22N2O. The van der Waals surface area contributed by atoms with Crippen LogP contribution in [-0.4, -0.2) is 11.0 Å². The third-order valence-corrected chi connectivity index (χ3v) is 3.01. The quantitative estimate of drug-likeness (QED) is 0.892. The van der Waals surface area contributed by atoms with Crippen molar-refractivity contribution < 1.29 is 4.74 Å². The number of aromatic nitrogens is 1. The van der Waals surface area contributed by atoms with E-state index < -0.39 is 0 Å². The van der Waals surface area contributed by atoms with E-state index in [0.717, 1.165) is 17.9 Å². The maximum atomic E-state index is 5.84. The number of nitrogens with one attached hydrogen (secondary N) is 1. The molecule has 106 valence electrons. The fourth-order valence-corrected chi connectivity index (χ4v) is 1.94. The van der Waals surface area contributed by atoms with Gasteiger partial charge in [-0.15, -0.1) is 0 Å². The Kier molecular flexibility index (Phi) is 4.74. The molecule has 0 unspecified atom stereocenters. The van der Waals surface area contributed by atoms with Gasteiger partial charge in [0.15, 0.2) is 0 Å². The first-order valence-electron chi connectivity index (χ1n) is 6.98. The third-order valence-electron chi connectivity index (χ3n) is 3.01. The van der Waals surface area contributed by atoms with Crippen molar-refractivity contribution in [3.8, 4) is 11.6 Å². The van der Waals surface area contributed by atoms with Crippen LogP contribution in [-0.2, 0) is 6.54 Å². The fourth-order valence-electron chi connectivity index (χ4n) is 1.94. The summed E-state index contributed by atoms with van der Waals surface area (Å²) in [6.45, 7) is 9.17. The number of ether oxygens (including phenoxy) is 1. The number of benzene rings is 1. The monoisotopic (exact) mass is 270 g/mol. The summed E-state index contributed by atoms with van der Waals surface area (Å²) in [4.78, 5) is 4.42. The standard InChI is InChI=1S/C17H22N2O/c1-12(2)18-10-15-9-14(4)17(19-11-15)20-16-7-5-6-13(3)8-16/h5-9,11-12,18H,10H2,1-4H3. The summed E-state index contributed by atoms with van der Waals surface area (Å²) in [6, 6.07) is 10.6. The maximum absolute atomic E-state index is 5.84. The summed E-state index contributed by atoms with van der Waals surface area (Å²) in [5.74, 6) is 1.50. The smallest absolute Gasteiger partial charge is 0.222 e. The lowest BCUT2D eigenvalue weighted by Gasteiger charge is -2.11. The zero-order chi connectivity index (χ0) is 14.5. The van der Waals surface area contributed by atoms with Crippen LogP contribution in [0.3, 0.4) is 0 Å². The van der Waals surface area contributed by atoms with Crippen LogP contribution in [0.25, 0.3) is 0 Å². The van der Waals surface area contributed by atoms with Crippen molar-refractivity contribution in [2.45, 2.75) is 40.3 Å². The minimum atomic E-state index is 0.471. The third kappa shape index (κ3) is 4.07. The molecule has 0 aliphatic carbocycles. The molecule has 1 N–H and O–H groups in total. The Morgan fingerprint density at radius 1 is 1.20 bits per heavy atom. The number of hydrogen-bond donors (Lipinski definition) is 1. The van der Waals surface area contributed by atoms with Gasteiger partial charge in [-0.05, 0) is 43.2 Å². The van der Waals surface area contributed by atoms with Crippen molar-refractivity contribution in [2.75, 3.05) is 0 Å². The molecule has 20 heavy (non-hydrogen) atoms. The van der Waals surface area contributed by atoms with Crippen LogP contribution < -0.4 is 10.1 Å². The largest absolute Gasteiger partial charge is 0.439 e. The molecule has 0 radical (unpaired) electrons. The molecule has 2 aromatic rings. The summed E-state index contributed by atoms with van der Waals surface area (Å²) in [5.41, 5.74) is 3.40. The highest BCUT2D eigenvalue weighted by Gasteiger charge is 2.05. The predicted octanol–water partition coefficient (Wildman–Crippen LogP) is 3.99. The number of hydrogen-bond acceptors (Lipinski definition) is 3. The zero-order valence-corrected chi connectivity index (χ0v) is 12.6. The van der Waals surface area contributed by atoms with Gasteiger partial charge >= 0.3 is 0 Å². The van der Waals surface area contributed by atoms with E-state index in [9.17, 15) is 0 Å². The molecule has 3 heteroatoms. The summed E-state index contributed by atoms with van der Waals surface area (Å²) >= 11 is 0. The molecule has 2 rings (SSSR count). The Labute approximate surface area is 121 Å². The van der Waals surface area contributed by atoms with Crippen LogP contribution in [0.2, 0.25) is 0 Å². The van der Waals surface area contributed by atoms with Crippen molar-refractivity contribution >= 4 is 0 Å². The van der Waals surface area contributed by atoms with Crippen LogP contribution in [0.4, 0.5) is 0 Å². The minimum absolute atomic E-state index is 0.471. The first-order chi connectivity index (χ1) is 9.54. The van der Waals surface area contributed by atoms with Gasteiger partial charge in [0, 0.05) is 24.3 Å². The zero-order valence-electron chi connectivity index (χ0n) is 12.6. The average molecular weight is 270 g/mol. The molecule has 0 bridgehead atoms. The molecule has 0 fully saturated rings. The Hall–Kier alpha value is -1.87. The number of rotatable bonds is 5. The minimum Gasteiger partial charge on any atom is -0.439 e. The van der Waals surface area contributed by atoms with E-state index in [4.69, 9.17) is 4.74 Å². The highest BCUT2D eigenvalue weighted by atomic mass is 16.5. The van der Waals surface area contributed by atoms with E-state index in [1.54, 1.807) is 0 Å². The first-order valence-corrected chi connectivity index (χ1v) is 6.98. The van der Waals surface area contributed by atoms with Crippen molar-refractivity contribution in [3.63, 3.8) is 0 Å². The van der Waals surface area contributed by atoms with Gasteiger partial charge in [0.25, 0.3) is 0 Å². The molecule has 0 aliphatic heterocycles. The van der Waals surface area contributed by atoms with Crippen LogP contribution in [0.15, 0.2) is 36.5 Å². The van der Waals surface area contributed by atoms with Gasteiger partial charge in [-0.25, -0.2) is 4.98 Å². The summed E-state index contributed by atoms with van der Waals surface area (Å²) in [5, 5.41) is 3.38. The molecule has 0 spiro atoms. The lowest BCUT2D eigenvalue weighted by atomic mass is 10.2. The molecule has 1 heterocycles. The van der Waals surface area contributed by atoms with Crippen molar-refractivity contribution in [1.82, 2.24) is 10.3 Å². The molecule has 0 saturated heterocycles. The molecular weight excluding hydrogens is 248 g/mol. The van der Waals surface area contributed by atoms with Gasteiger partial charge < -0.3 is 10.1 Å². The predicted molar refractivity (Wildman–Crippen MR) is 82.2 cm³/mol. The summed E-state index contributed by atoms with van der Waals surface area (Å²) in [6.07, 6.45) is 1.87. The molecule has 0 aliphatic rings. The van der Waals surface area contributed by atoms with Crippen LogP contribution in [0, 0.1) is 13.8 Å². The molecule has 0 amide bonds. The van der Waals surface area contributed by atoms with Crippen molar-refractivity contribution in [3.05, 3.63) is 53.2 Å². The SMILES string of the molecule is Cc1cccc(Oc2ncc(CNC(C)C)cc2C)c1. The van der Waals surface area contributed by atoms with Gasteiger partial charge in [0.1, 0.15) is 5.75 Å². The number of aryl methyl sites for hydroxylation is 2. The van der Waals surface area contributed by atoms with Gasteiger partial charge in [-0.3, -0.25) is 0 Å². The summed E-state index contributed by atoms with van der Waals surface area (Å²) < 4.78 is 5.84. The number of pyridine rings is 1. The second-order valence-corrected chi connectivity index (χ2v) is 5.42. The van der Waals surface area contributed by atoms with E-state index >= 15 is 0 Å². The van der Waals surface area contributed by atoms with Gasteiger partial charge in [0.05, 0.1) is 0 Å². The maximum Gasteiger partial charge on any atom is 0.222 e. The van der Waals surface area contributed by atoms with E-state index in [1.807, 2.05) is 44.3 Å². The second-order valence-electron chi connectivity index (χ2n) is 5.42. The highest BCUT2D eigenvalue weighted by Crippen LogP contribution is 2.23. The van der Waals surface area contributed by atoms with Crippen LogP contribution in [0.5, 0.6) is 11.6 Å². The Morgan fingerprint density at radius 3 is 2.65 bits per heavy atom. The van der Waals surface area contributed by atoms with Crippen molar-refractivity contribution in [1.29, 1.82) is 0 Å². The first kappa shape index (κ1) is 14.5.